The number of anilines is 1. The Kier molecular flexibility index (Phi) is 4.31. The largest absolute Gasteiger partial charge is 0.416 e. The Morgan fingerprint density at radius 1 is 1.08 bits per heavy atom. The molecule has 1 amide bonds. The van der Waals surface area contributed by atoms with E-state index in [9.17, 15) is 18.0 Å². The monoisotopic (exact) mass is 345 g/mol. The zero-order valence-electron chi connectivity index (χ0n) is 13.2. The second kappa shape index (κ2) is 6.43. The third-order valence-electron chi connectivity index (χ3n) is 3.67. The van der Waals surface area contributed by atoms with Crippen molar-refractivity contribution in [2.45, 2.75) is 6.18 Å². The molecule has 0 fully saturated rings. The lowest BCUT2D eigenvalue weighted by molar-refractivity contribution is -0.137. The summed E-state index contributed by atoms with van der Waals surface area (Å²) in [6, 6.07) is 11.8. The molecule has 1 aromatic heterocycles. The van der Waals surface area contributed by atoms with Gasteiger partial charge in [0.1, 0.15) is 0 Å². The van der Waals surface area contributed by atoms with Crippen molar-refractivity contribution in [3.63, 3.8) is 0 Å². The van der Waals surface area contributed by atoms with Crippen LogP contribution in [-0.4, -0.2) is 15.7 Å². The van der Waals surface area contributed by atoms with Crippen LogP contribution in [0.15, 0.2) is 60.9 Å². The van der Waals surface area contributed by atoms with Crippen molar-refractivity contribution in [1.29, 1.82) is 0 Å². The maximum absolute atomic E-state index is 12.7. The van der Waals surface area contributed by atoms with Crippen LogP contribution >= 0.6 is 0 Å². The van der Waals surface area contributed by atoms with Gasteiger partial charge in [-0.2, -0.15) is 18.3 Å². The van der Waals surface area contributed by atoms with Crippen LogP contribution < -0.4 is 5.32 Å². The summed E-state index contributed by atoms with van der Waals surface area (Å²) in [5, 5.41) is 6.71. The number of carbonyl (C=O) groups excluding carboxylic acids is 1. The topological polar surface area (TPSA) is 46.9 Å². The molecule has 0 unspecified atom stereocenters. The van der Waals surface area contributed by atoms with E-state index in [1.54, 1.807) is 37.5 Å². The highest BCUT2D eigenvalue weighted by Crippen LogP contribution is 2.33. The summed E-state index contributed by atoms with van der Waals surface area (Å²) in [4.78, 5) is 12.3. The van der Waals surface area contributed by atoms with Crippen LogP contribution in [0.4, 0.5) is 18.9 Å². The first kappa shape index (κ1) is 16.8. The summed E-state index contributed by atoms with van der Waals surface area (Å²) in [7, 11) is 1.70. The van der Waals surface area contributed by atoms with E-state index < -0.39 is 11.7 Å². The predicted molar refractivity (Wildman–Crippen MR) is 88.0 cm³/mol. The SMILES string of the molecule is Cn1cc(C(=O)Nc2ccccc2-c2ccc(C(F)(F)F)cc2)cn1. The van der Waals surface area contributed by atoms with Gasteiger partial charge in [-0.3, -0.25) is 9.48 Å². The van der Waals surface area contributed by atoms with E-state index in [-0.39, 0.29) is 5.91 Å². The minimum atomic E-state index is -4.38. The number of para-hydroxylation sites is 1. The van der Waals surface area contributed by atoms with Crippen LogP contribution in [0.3, 0.4) is 0 Å². The summed E-state index contributed by atoms with van der Waals surface area (Å²) in [6.45, 7) is 0. The molecule has 0 radical (unpaired) electrons. The number of benzene rings is 2. The van der Waals surface area contributed by atoms with Gasteiger partial charge >= 0.3 is 6.18 Å². The van der Waals surface area contributed by atoms with E-state index >= 15 is 0 Å². The molecule has 0 bridgehead atoms. The van der Waals surface area contributed by atoms with E-state index in [1.165, 1.54) is 23.0 Å². The highest BCUT2D eigenvalue weighted by Gasteiger charge is 2.30. The zero-order chi connectivity index (χ0) is 18.0. The van der Waals surface area contributed by atoms with Crippen LogP contribution in [0.2, 0.25) is 0 Å². The summed E-state index contributed by atoms with van der Waals surface area (Å²) >= 11 is 0. The first-order valence-corrected chi connectivity index (χ1v) is 7.41. The van der Waals surface area contributed by atoms with Crippen molar-refractivity contribution in [2.24, 2.45) is 7.05 Å². The quantitative estimate of drug-likeness (QED) is 0.767. The van der Waals surface area contributed by atoms with Gasteiger partial charge in [0.2, 0.25) is 0 Å². The summed E-state index contributed by atoms with van der Waals surface area (Å²) in [5.74, 6) is -0.340. The van der Waals surface area contributed by atoms with E-state index in [0.29, 0.717) is 22.4 Å². The Labute approximate surface area is 141 Å². The molecule has 3 aromatic rings. The molecule has 0 aliphatic rings. The number of hydrogen-bond donors (Lipinski definition) is 1. The van der Waals surface area contributed by atoms with Gasteiger partial charge in [-0.1, -0.05) is 30.3 Å². The molecule has 1 N–H and O–H groups in total. The van der Waals surface area contributed by atoms with Crippen LogP contribution in [0.1, 0.15) is 15.9 Å². The summed E-state index contributed by atoms with van der Waals surface area (Å²) < 4.78 is 39.6. The Balaban J connectivity index is 1.89. The van der Waals surface area contributed by atoms with E-state index in [2.05, 4.69) is 10.4 Å². The Bertz CT molecular complexity index is 898. The standard InChI is InChI=1S/C18H14F3N3O/c1-24-11-13(10-22-24)17(25)23-16-5-3-2-4-15(16)12-6-8-14(9-7-12)18(19,20)21/h2-11H,1H3,(H,23,25). The van der Waals surface area contributed by atoms with Crippen molar-refractivity contribution in [2.75, 3.05) is 5.32 Å². The average Bonchev–Trinajstić information content (AvgIpc) is 3.01. The fourth-order valence-corrected chi connectivity index (χ4v) is 2.42. The molecule has 3 rings (SSSR count). The Hall–Kier alpha value is -3.09. The van der Waals surface area contributed by atoms with Crippen LogP contribution in [-0.2, 0) is 13.2 Å². The first-order valence-electron chi connectivity index (χ1n) is 7.41. The van der Waals surface area contributed by atoms with Crippen molar-refractivity contribution >= 4 is 11.6 Å². The molecule has 0 saturated heterocycles. The molecule has 0 saturated carbocycles. The van der Waals surface area contributed by atoms with Gasteiger partial charge in [-0.25, -0.2) is 0 Å². The summed E-state index contributed by atoms with van der Waals surface area (Å²) in [6.07, 6.45) is -1.36. The van der Waals surface area contributed by atoms with Crippen LogP contribution in [0, 0.1) is 0 Å². The van der Waals surface area contributed by atoms with E-state index in [4.69, 9.17) is 0 Å². The van der Waals surface area contributed by atoms with Gasteiger partial charge in [0, 0.05) is 24.5 Å². The number of nitrogens with one attached hydrogen (secondary N) is 1. The lowest BCUT2D eigenvalue weighted by Crippen LogP contribution is -2.12. The number of hydrogen-bond acceptors (Lipinski definition) is 2. The minimum absolute atomic E-state index is 0.340. The predicted octanol–water partition coefficient (Wildman–Crippen LogP) is 4.36. The molecule has 2 aromatic carbocycles. The number of halogens is 3. The molecule has 4 nitrogen and oxygen atoms in total. The number of nitrogens with zero attached hydrogens (tertiary/aromatic N) is 2. The van der Waals surface area contributed by atoms with Gasteiger partial charge in [0.05, 0.1) is 17.3 Å². The van der Waals surface area contributed by atoms with Gasteiger partial charge in [-0.15, -0.1) is 0 Å². The normalized spacial score (nSPS) is 11.4. The molecule has 0 atom stereocenters. The smallest absolute Gasteiger partial charge is 0.321 e. The molecular formula is C18H14F3N3O. The second-order valence-electron chi connectivity index (χ2n) is 5.48. The van der Waals surface area contributed by atoms with Crippen molar-refractivity contribution in [1.82, 2.24) is 9.78 Å². The van der Waals surface area contributed by atoms with E-state index in [1.807, 2.05) is 0 Å². The second-order valence-corrected chi connectivity index (χ2v) is 5.48. The Morgan fingerprint density at radius 3 is 2.36 bits per heavy atom. The molecule has 25 heavy (non-hydrogen) atoms. The lowest BCUT2D eigenvalue weighted by atomic mass is 10.0. The maximum Gasteiger partial charge on any atom is 0.416 e. The Morgan fingerprint density at radius 2 is 1.76 bits per heavy atom. The molecule has 7 heteroatoms. The number of alkyl halides is 3. The molecule has 0 aliphatic heterocycles. The first-order chi connectivity index (χ1) is 11.8. The maximum atomic E-state index is 12.7. The zero-order valence-corrected chi connectivity index (χ0v) is 13.2. The van der Waals surface area contributed by atoms with Gasteiger partial charge in [0.15, 0.2) is 0 Å². The van der Waals surface area contributed by atoms with Crippen molar-refractivity contribution in [3.8, 4) is 11.1 Å². The van der Waals surface area contributed by atoms with Crippen LogP contribution in [0.25, 0.3) is 11.1 Å². The van der Waals surface area contributed by atoms with Crippen molar-refractivity contribution in [3.05, 3.63) is 72.1 Å². The molecule has 128 valence electrons. The number of amides is 1. The van der Waals surface area contributed by atoms with Gasteiger partial charge in [0.25, 0.3) is 5.91 Å². The van der Waals surface area contributed by atoms with Crippen LogP contribution in [0.5, 0.6) is 0 Å². The van der Waals surface area contributed by atoms with Gasteiger partial charge in [-0.05, 0) is 23.8 Å². The number of aryl methyl sites for hydroxylation is 1. The third-order valence-corrected chi connectivity index (χ3v) is 3.67. The van der Waals surface area contributed by atoms with E-state index in [0.717, 1.165) is 12.1 Å². The lowest BCUT2D eigenvalue weighted by Gasteiger charge is -2.12. The third kappa shape index (κ3) is 3.71. The number of aromatic nitrogens is 2. The van der Waals surface area contributed by atoms with Gasteiger partial charge < -0.3 is 5.32 Å². The molecule has 1 heterocycles. The molecule has 0 aliphatic carbocycles. The molecular weight excluding hydrogens is 331 g/mol. The minimum Gasteiger partial charge on any atom is -0.321 e. The summed E-state index contributed by atoms with van der Waals surface area (Å²) in [5.41, 5.74) is 1.40. The molecule has 0 spiro atoms. The average molecular weight is 345 g/mol. The number of carbonyl (C=O) groups is 1. The highest BCUT2D eigenvalue weighted by molar-refractivity contribution is 6.06. The highest BCUT2D eigenvalue weighted by atomic mass is 19.4. The van der Waals surface area contributed by atoms with Crippen molar-refractivity contribution < 1.29 is 18.0 Å². The fraction of sp³-hybridized carbons (Fsp3) is 0.111. The fourth-order valence-electron chi connectivity index (χ4n) is 2.42. The number of rotatable bonds is 3.